The molecule has 9 heteroatoms. The molecule has 27 heavy (non-hydrogen) atoms. The first-order valence-electron chi connectivity index (χ1n) is 8.09. The van der Waals surface area contributed by atoms with Gasteiger partial charge >= 0.3 is 12.1 Å². The lowest BCUT2D eigenvalue weighted by atomic mass is 10.2. The molecule has 0 saturated heterocycles. The van der Waals surface area contributed by atoms with Crippen LogP contribution < -0.4 is 10.00 Å². The number of carboxylic acids is 1. The van der Waals surface area contributed by atoms with Crippen molar-refractivity contribution in [3.05, 3.63) is 55.1 Å². The third-order valence-electron chi connectivity index (χ3n) is 3.25. The number of hydrogen-bond acceptors (Lipinski definition) is 4. The van der Waals surface area contributed by atoms with E-state index in [4.69, 9.17) is 10.2 Å². The van der Waals surface area contributed by atoms with Gasteiger partial charge in [-0.25, -0.2) is 0 Å². The summed E-state index contributed by atoms with van der Waals surface area (Å²) in [6.07, 6.45) is -0.316. The fourth-order valence-electron chi connectivity index (χ4n) is 1.56. The number of allylic oxidation sites excluding steroid dienone is 2. The zero-order valence-electron chi connectivity index (χ0n) is 15.2. The molecular weight excluding hydrogens is 363 g/mol. The molecule has 0 spiro atoms. The number of alkyl halides is 3. The van der Waals surface area contributed by atoms with Crippen LogP contribution in [0.1, 0.15) is 31.7 Å². The molecule has 0 aliphatic rings. The second-order valence-electron chi connectivity index (χ2n) is 5.50. The Kier molecular flexibility index (Phi) is 10.5. The Hall–Kier alpha value is -2.84. The maximum atomic E-state index is 11.3. The maximum Gasteiger partial charge on any atom is 0.412 e. The molecule has 150 valence electrons. The number of nitrogens with one attached hydrogen (secondary N) is 1. The van der Waals surface area contributed by atoms with Gasteiger partial charge < -0.3 is 15.5 Å². The highest BCUT2D eigenvalue weighted by Gasteiger charge is 2.29. The first-order valence-corrected chi connectivity index (χ1v) is 8.09. The average molecular weight is 388 g/mol. The van der Waals surface area contributed by atoms with Crippen LogP contribution in [0.2, 0.25) is 0 Å². The highest BCUT2D eigenvalue weighted by atomic mass is 19.4. The average Bonchev–Trinajstić information content (AvgIpc) is 2.59. The van der Waals surface area contributed by atoms with Gasteiger partial charge in [-0.2, -0.15) is 13.2 Å². The number of aryl methyl sites for hydroxylation is 1. The summed E-state index contributed by atoms with van der Waals surface area (Å²) in [6, 6.07) is 1.82. The Bertz CT molecular complexity index is 656. The summed E-state index contributed by atoms with van der Waals surface area (Å²) in [7, 11) is 0. The smallest absolute Gasteiger partial charge is 0.412 e. The summed E-state index contributed by atoms with van der Waals surface area (Å²) in [5.74, 6) is -0.730. The van der Waals surface area contributed by atoms with Crippen molar-refractivity contribution in [2.75, 3.05) is 6.54 Å². The van der Waals surface area contributed by atoms with Crippen LogP contribution in [0.25, 0.3) is 5.70 Å². The Morgan fingerprint density at radius 1 is 1.26 bits per heavy atom. The van der Waals surface area contributed by atoms with Gasteiger partial charge in [0.15, 0.2) is 12.7 Å². The van der Waals surface area contributed by atoms with E-state index in [0.29, 0.717) is 25.2 Å². The highest BCUT2D eigenvalue weighted by Crippen LogP contribution is 2.25. The zero-order chi connectivity index (χ0) is 21.0. The van der Waals surface area contributed by atoms with Crippen LogP contribution in [0.4, 0.5) is 13.2 Å². The molecule has 3 N–H and O–H groups in total. The Labute approximate surface area is 156 Å². The number of aliphatic hydroxyl groups excluding tert-OH is 1. The summed E-state index contributed by atoms with van der Waals surface area (Å²) in [5, 5.41) is 24.6. The third kappa shape index (κ3) is 11.4. The van der Waals surface area contributed by atoms with E-state index in [1.807, 2.05) is 6.07 Å². The van der Waals surface area contributed by atoms with Gasteiger partial charge in [0.05, 0.1) is 18.6 Å². The van der Waals surface area contributed by atoms with Crippen molar-refractivity contribution in [2.45, 2.75) is 38.9 Å². The van der Waals surface area contributed by atoms with E-state index in [9.17, 15) is 18.0 Å². The number of carboxylic acid groups (broad SMARTS) is 1. The minimum atomic E-state index is -4.19. The van der Waals surface area contributed by atoms with Crippen molar-refractivity contribution >= 4 is 11.7 Å². The van der Waals surface area contributed by atoms with Crippen LogP contribution in [-0.4, -0.2) is 34.0 Å². The van der Waals surface area contributed by atoms with Gasteiger partial charge in [-0.15, -0.1) is 0 Å². The van der Waals surface area contributed by atoms with Crippen molar-refractivity contribution in [1.29, 1.82) is 0 Å². The van der Waals surface area contributed by atoms with E-state index in [1.54, 1.807) is 17.1 Å². The number of halogens is 3. The lowest BCUT2D eigenvalue weighted by Gasteiger charge is -2.06. The van der Waals surface area contributed by atoms with E-state index in [2.05, 4.69) is 30.2 Å². The normalized spacial score (nSPS) is 10.4. The van der Waals surface area contributed by atoms with E-state index < -0.39 is 17.7 Å². The van der Waals surface area contributed by atoms with Crippen molar-refractivity contribution < 1.29 is 32.9 Å². The molecule has 1 aromatic rings. The van der Waals surface area contributed by atoms with E-state index in [-0.39, 0.29) is 18.6 Å². The minimum absolute atomic E-state index is 0.0243. The van der Waals surface area contributed by atoms with Crippen molar-refractivity contribution in [3.63, 3.8) is 0 Å². The van der Waals surface area contributed by atoms with Gasteiger partial charge in [0.2, 0.25) is 0 Å². The summed E-state index contributed by atoms with van der Waals surface area (Å²) < 4.78 is 35.7. The summed E-state index contributed by atoms with van der Waals surface area (Å²) in [6.45, 7) is 12.3. The number of hydrogen-bond donors (Lipinski definition) is 3. The Morgan fingerprint density at radius 3 is 2.26 bits per heavy atom. The standard InChI is InChI=1S/C13H17N3O3.C5H7F3/c1-10(17)4-7-16-8-5-12(9-15-16)11(2)14-6-3-13(18)19;1-3-4(2)5(6,7)8/h5,8-9,14H,1-4,6-7H2,(H-,17,18,19);2-3H2,1H3/p+1. The fraction of sp³-hybridized carbons (Fsp3) is 0.389. The Balaban J connectivity index is 0.000000713. The number of aliphatic carboxylic acids is 1. The monoisotopic (exact) mass is 388 g/mol. The van der Waals surface area contributed by atoms with Gasteiger partial charge in [-0.1, -0.05) is 31.3 Å². The molecule has 0 fully saturated rings. The van der Waals surface area contributed by atoms with Crippen molar-refractivity contribution in [2.24, 2.45) is 0 Å². The number of nitrogens with zero attached hydrogens (tertiary/aromatic N) is 2. The number of rotatable bonds is 9. The summed E-state index contributed by atoms with van der Waals surface area (Å²) >= 11 is 0. The zero-order valence-corrected chi connectivity index (χ0v) is 15.2. The highest BCUT2D eigenvalue weighted by molar-refractivity contribution is 5.67. The van der Waals surface area contributed by atoms with Crippen molar-refractivity contribution in [1.82, 2.24) is 10.4 Å². The number of carbonyl (C=O) groups is 1. The molecule has 0 atom stereocenters. The van der Waals surface area contributed by atoms with Gasteiger partial charge in [0.1, 0.15) is 6.20 Å². The number of aliphatic hydroxyl groups is 1. The van der Waals surface area contributed by atoms with Crippen LogP contribution in [0.15, 0.2) is 49.5 Å². The third-order valence-corrected chi connectivity index (χ3v) is 3.25. The molecule has 1 heterocycles. The SMILES string of the molecule is C=C(CC)C(F)(F)F.C=C(O)CC[n+]1ccc(C(=C)NCCC(=O)O)cn1. The first kappa shape index (κ1) is 24.2. The predicted molar refractivity (Wildman–Crippen MR) is 95.6 cm³/mol. The second kappa shape index (κ2) is 11.7. The quantitative estimate of drug-likeness (QED) is 0.343. The second-order valence-corrected chi connectivity index (χ2v) is 5.50. The van der Waals surface area contributed by atoms with Gasteiger partial charge in [0.25, 0.3) is 0 Å². The topological polar surface area (TPSA) is 86.3 Å². The van der Waals surface area contributed by atoms with Crippen LogP contribution >= 0.6 is 0 Å². The molecule has 1 rings (SSSR count). The van der Waals surface area contributed by atoms with Gasteiger partial charge in [0, 0.05) is 29.4 Å². The molecule has 0 aliphatic heterocycles. The molecule has 0 saturated carbocycles. The first-order chi connectivity index (χ1) is 12.5. The van der Waals surface area contributed by atoms with Gasteiger partial charge in [-0.05, 0) is 11.5 Å². The molecule has 6 nitrogen and oxygen atoms in total. The number of aromatic nitrogens is 2. The molecule has 0 bridgehead atoms. The van der Waals surface area contributed by atoms with Crippen LogP contribution in [-0.2, 0) is 11.3 Å². The molecule has 1 aromatic heterocycles. The van der Waals surface area contributed by atoms with Crippen LogP contribution in [0, 0.1) is 0 Å². The molecular formula is C18H25F3N3O3+. The van der Waals surface area contributed by atoms with Crippen molar-refractivity contribution in [3.8, 4) is 0 Å². The van der Waals surface area contributed by atoms with E-state index in [0.717, 1.165) is 5.56 Å². The minimum Gasteiger partial charge on any atom is -0.513 e. The van der Waals surface area contributed by atoms with Gasteiger partial charge in [-0.3, -0.25) is 4.79 Å². The maximum absolute atomic E-state index is 11.3. The summed E-state index contributed by atoms with van der Waals surface area (Å²) in [4.78, 5) is 10.4. The van der Waals surface area contributed by atoms with E-state index in [1.165, 1.54) is 6.92 Å². The Morgan fingerprint density at radius 2 is 1.89 bits per heavy atom. The molecule has 0 aromatic carbocycles. The van der Waals surface area contributed by atoms with E-state index >= 15 is 0 Å². The molecule has 0 amide bonds. The molecule has 0 unspecified atom stereocenters. The lowest BCUT2D eigenvalue weighted by molar-refractivity contribution is -0.753. The van der Waals surface area contributed by atoms with Crippen LogP contribution in [0.5, 0.6) is 0 Å². The molecule has 0 radical (unpaired) electrons. The molecule has 0 aliphatic carbocycles. The largest absolute Gasteiger partial charge is 0.513 e. The lowest BCUT2D eigenvalue weighted by Crippen LogP contribution is -2.37. The van der Waals surface area contributed by atoms with Crippen LogP contribution in [0.3, 0.4) is 0 Å². The predicted octanol–water partition coefficient (Wildman–Crippen LogP) is 3.38. The fourth-order valence-corrected chi connectivity index (χ4v) is 1.56. The summed E-state index contributed by atoms with van der Waals surface area (Å²) in [5.41, 5.74) is 0.759.